The molecule has 6 nitrogen and oxygen atoms in total. The van der Waals surface area contributed by atoms with E-state index in [2.05, 4.69) is 31.0 Å². The van der Waals surface area contributed by atoms with Crippen LogP contribution in [-0.4, -0.2) is 62.3 Å². The largest absolute Gasteiger partial charge is 0.350 e. The Bertz CT molecular complexity index is 853. The quantitative estimate of drug-likeness (QED) is 0.711. The van der Waals surface area contributed by atoms with E-state index >= 15 is 0 Å². The maximum atomic E-state index is 13.1. The van der Waals surface area contributed by atoms with Crippen molar-refractivity contribution in [3.63, 3.8) is 0 Å². The minimum atomic E-state index is -3.72. The van der Waals surface area contributed by atoms with Gasteiger partial charge in [-0.05, 0) is 75.7 Å². The average molecular weight is 456 g/mol. The van der Waals surface area contributed by atoms with Crippen molar-refractivity contribution in [1.29, 1.82) is 0 Å². The van der Waals surface area contributed by atoms with Crippen molar-refractivity contribution < 1.29 is 13.2 Å². The molecule has 2 aliphatic rings. The number of piperidine rings is 2. The first-order valence-corrected chi connectivity index (χ1v) is 12.8. The number of carbonyl (C=O) groups excluding carboxylic acids is 1. The topological polar surface area (TPSA) is 69.7 Å². The number of rotatable bonds is 6. The fraction of sp³-hybridized carbons (Fsp3) is 0.682. The molecular formula is C22H34ClN3O3S. The second-order valence-corrected chi connectivity index (χ2v) is 11.3. The molecule has 1 aromatic carbocycles. The van der Waals surface area contributed by atoms with Gasteiger partial charge in [-0.2, -0.15) is 4.31 Å². The summed E-state index contributed by atoms with van der Waals surface area (Å²) in [6, 6.07) is 4.75. The smallest absolute Gasteiger partial charge is 0.251 e. The zero-order valence-electron chi connectivity index (χ0n) is 18.2. The third-order valence-corrected chi connectivity index (χ3v) is 8.78. The van der Waals surface area contributed by atoms with Gasteiger partial charge in [0.2, 0.25) is 10.0 Å². The monoisotopic (exact) mass is 455 g/mol. The Morgan fingerprint density at radius 1 is 1.17 bits per heavy atom. The lowest BCUT2D eigenvalue weighted by Gasteiger charge is -2.35. The summed E-state index contributed by atoms with van der Waals surface area (Å²) in [5.74, 6) is 0.811. The number of carbonyl (C=O) groups is 1. The molecule has 0 radical (unpaired) electrons. The van der Waals surface area contributed by atoms with Gasteiger partial charge in [-0.25, -0.2) is 8.42 Å². The molecular weight excluding hydrogens is 422 g/mol. The van der Waals surface area contributed by atoms with E-state index in [1.54, 1.807) is 6.07 Å². The molecule has 2 saturated heterocycles. The molecule has 1 aromatic rings. The van der Waals surface area contributed by atoms with Crippen LogP contribution in [0.4, 0.5) is 0 Å². The summed E-state index contributed by atoms with van der Waals surface area (Å²) in [6.45, 7) is 10.1. The Hall–Kier alpha value is -1.15. The molecule has 0 aliphatic carbocycles. The highest BCUT2D eigenvalue weighted by Gasteiger charge is 2.31. The number of benzene rings is 1. The molecule has 30 heavy (non-hydrogen) atoms. The predicted molar refractivity (Wildman–Crippen MR) is 120 cm³/mol. The molecule has 2 aliphatic heterocycles. The number of hydrogen-bond acceptors (Lipinski definition) is 4. The zero-order chi connectivity index (χ0) is 21.9. The zero-order valence-corrected chi connectivity index (χ0v) is 19.8. The van der Waals surface area contributed by atoms with E-state index in [-0.39, 0.29) is 21.9 Å². The molecule has 0 aromatic heterocycles. The summed E-state index contributed by atoms with van der Waals surface area (Å²) in [5, 5.41) is 3.11. The van der Waals surface area contributed by atoms with Crippen LogP contribution in [-0.2, 0) is 10.0 Å². The third kappa shape index (κ3) is 5.55. The molecule has 3 rings (SSSR count). The summed E-state index contributed by atoms with van der Waals surface area (Å²) < 4.78 is 27.8. The van der Waals surface area contributed by atoms with E-state index in [1.807, 2.05) is 0 Å². The second kappa shape index (κ2) is 9.98. The van der Waals surface area contributed by atoms with Crippen LogP contribution in [0.25, 0.3) is 0 Å². The molecule has 1 N–H and O–H groups in total. The average Bonchev–Trinajstić information content (AvgIpc) is 2.72. The van der Waals surface area contributed by atoms with Crippen LogP contribution in [0.15, 0.2) is 23.1 Å². The van der Waals surface area contributed by atoms with Gasteiger partial charge in [-0.3, -0.25) is 9.69 Å². The lowest BCUT2D eigenvalue weighted by Crippen LogP contribution is -2.45. The van der Waals surface area contributed by atoms with E-state index in [0.29, 0.717) is 31.1 Å². The first-order valence-electron chi connectivity index (χ1n) is 11.0. The predicted octanol–water partition coefficient (Wildman–Crippen LogP) is 3.61. The molecule has 0 saturated carbocycles. The van der Waals surface area contributed by atoms with E-state index in [9.17, 15) is 13.2 Å². The van der Waals surface area contributed by atoms with Gasteiger partial charge in [0.05, 0.1) is 5.02 Å². The number of sulfonamides is 1. The van der Waals surface area contributed by atoms with Crippen LogP contribution >= 0.6 is 11.6 Å². The number of hydrogen-bond donors (Lipinski definition) is 1. The molecule has 2 atom stereocenters. The lowest BCUT2D eigenvalue weighted by molar-refractivity contribution is 0.0921. The number of nitrogens with zero attached hydrogens (tertiary/aromatic N) is 2. The number of nitrogens with one attached hydrogen (secondary N) is 1. The Morgan fingerprint density at radius 3 is 2.53 bits per heavy atom. The van der Waals surface area contributed by atoms with Gasteiger partial charge in [0.15, 0.2) is 0 Å². The summed E-state index contributed by atoms with van der Waals surface area (Å²) in [4.78, 5) is 15.1. The number of likely N-dealkylation sites (tertiary alicyclic amines) is 1. The molecule has 0 unspecified atom stereocenters. The fourth-order valence-electron chi connectivity index (χ4n) is 4.29. The normalized spacial score (nSPS) is 23.3. The van der Waals surface area contributed by atoms with Gasteiger partial charge < -0.3 is 5.32 Å². The van der Waals surface area contributed by atoms with Gasteiger partial charge in [0.1, 0.15) is 4.90 Å². The van der Waals surface area contributed by atoms with Crippen molar-refractivity contribution >= 4 is 27.5 Å². The Labute approximate surface area is 186 Å². The second-order valence-electron chi connectivity index (χ2n) is 9.03. The van der Waals surface area contributed by atoms with E-state index in [0.717, 1.165) is 31.8 Å². The third-order valence-electron chi connectivity index (χ3n) is 6.43. The van der Waals surface area contributed by atoms with Gasteiger partial charge in [-0.1, -0.05) is 25.4 Å². The fourth-order valence-corrected chi connectivity index (χ4v) is 6.39. The van der Waals surface area contributed by atoms with Crippen LogP contribution in [0.1, 0.15) is 56.8 Å². The molecule has 168 valence electrons. The summed E-state index contributed by atoms with van der Waals surface area (Å²) in [7, 11) is -3.72. The maximum absolute atomic E-state index is 13.1. The maximum Gasteiger partial charge on any atom is 0.251 e. The number of amides is 1. The molecule has 1 amide bonds. The Balaban J connectivity index is 1.67. The Morgan fingerprint density at radius 2 is 1.87 bits per heavy atom. The highest BCUT2D eigenvalue weighted by molar-refractivity contribution is 7.89. The molecule has 2 fully saturated rings. The molecule has 0 bridgehead atoms. The van der Waals surface area contributed by atoms with E-state index in [1.165, 1.54) is 29.3 Å². The van der Waals surface area contributed by atoms with Crippen LogP contribution in [0, 0.1) is 11.8 Å². The molecule has 2 heterocycles. The van der Waals surface area contributed by atoms with E-state index < -0.39 is 10.0 Å². The van der Waals surface area contributed by atoms with Crippen LogP contribution in [0.5, 0.6) is 0 Å². The molecule has 8 heteroatoms. The van der Waals surface area contributed by atoms with Crippen molar-refractivity contribution in [3.8, 4) is 0 Å². The van der Waals surface area contributed by atoms with Gasteiger partial charge in [0.25, 0.3) is 5.91 Å². The van der Waals surface area contributed by atoms with Crippen LogP contribution in [0.3, 0.4) is 0 Å². The minimum absolute atomic E-state index is 0.0176. The van der Waals surface area contributed by atoms with Crippen molar-refractivity contribution in [2.45, 2.75) is 57.4 Å². The van der Waals surface area contributed by atoms with Gasteiger partial charge in [-0.15, -0.1) is 0 Å². The highest BCUT2D eigenvalue weighted by Crippen LogP contribution is 2.29. The van der Waals surface area contributed by atoms with Gasteiger partial charge in [0, 0.05) is 31.2 Å². The minimum Gasteiger partial charge on any atom is -0.350 e. The Kier molecular flexibility index (Phi) is 7.82. The standard InChI is InChI=1S/C22H34ClN3O3S/c1-16-8-11-25(12-9-16)18(3)14-24-22(27)19-6-7-20(23)21(13-19)30(28,29)26-10-4-5-17(2)15-26/h6-7,13,16-18H,4-5,8-12,14-15H2,1-3H3,(H,24,27)/t17-,18+/m0/s1. The van der Waals surface area contributed by atoms with Crippen LogP contribution in [0.2, 0.25) is 5.02 Å². The van der Waals surface area contributed by atoms with Crippen molar-refractivity contribution in [2.24, 2.45) is 11.8 Å². The SMILES string of the molecule is CC1CCN([C@H](C)CNC(=O)c2ccc(Cl)c(S(=O)(=O)N3CCC[C@H](C)C3)c2)CC1. The summed E-state index contributed by atoms with van der Waals surface area (Å²) in [5.41, 5.74) is 0.322. The first-order chi connectivity index (χ1) is 14.2. The lowest BCUT2D eigenvalue weighted by atomic mass is 9.98. The summed E-state index contributed by atoms with van der Waals surface area (Å²) in [6.07, 6.45) is 4.24. The van der Waals surface area contributed by atoms with Crippen LogP contribution < -0.4 is 5.32 Å². The molecule has 0 spiro atoms. The van der Waals surface area contributed by atoms with Gasteiger partial charge >= 0.3 is 0 Å². The number of halogens is 1. The highest BCUT2D eigenvalue weighted by atomic mass is 35.5. The van der Waals surface area contributed by atoms with Crippen molar-refractivity contribution in [1.82, 2.24) is 14.5 Å². The summed E-state index contributed by atoms with van der Waals surface area (Å²) >= 11 is 6.24. The van der Waals surface area contributed by atoms with E-state index in [4.69, 9.17) is 11.6 Å². The van der Waals surface area contributed by atoms with Crippen molar-refractivity contribution in [2.75, 3.05) is 32.7 Å². The first kappa shape index (κ1) is 23.5. The van der Waals surface area contributed by atoms with Crippen molar-refractivity contribution in [3.05, 3.63) is 28.8 Å².